The zero-order valence-corrected chi connectivity index (χ0v) is 12.7. The van der Waals surface area contributed by atoms with Gasteiger partial charge in [0, 0.05) is 6.07 Å². The first kappa shape index (κ1) is 15.0. The Kier molecular flexibility index (Phi) is 3.50. The number of carbonyl (C=O) groups is 1. The van der Waals surface area contributed by atoms with Crippen LogP contribution in [0.5, 0.6) is 0 Å². The van der Waals surface area contributed by atoms with Crippen molar-refractivity contribution in [3.05, 3.63) is 65.7 Å². The molecule has 0 spiro atoms. The summed E-state index contributed by atoms with van der Waals surface area (Å²) in [7, 11) is 0. The van der Waals surface area contributed by atoms with Gasteiger partial charge in [-0.25, -0.2) is 13.8 Å². The number of fused-ring (bicyclic) bond motifs is 1. The summed E-state index contributed by atoms with van der Waals surface area (Å²) >= 11 is 0. The Morgan fingerprint density at radius 1 is 1.04 bits per heavy atom. The highest BCUT2D eigenvalue weighted by Crippen LogP contribution is 2.21. The number of hydrogen-bond acceptors (Lipinski definition) is 3. The fourth-order valence-corrected chi connectivity index (χ4v) is 2.48. The smallest absolute Gasteiger partial charge is 0.262 e. The molecule has 0 saturated carbocycles. The molecule has 0 bridgehead atoms. The Labute approximate surface area is 139 Å². The highest BCUT2D eigenvalue weighted by molar-refractivity contribution is 6.04. The Morgan fingerprint density at radius 3 is 2.56 bits per heavy atom. The van der Waals surface area contributed by atoms with Gasteiger partial charge in [-0.3, -0.25) is 9.89 Å². The maximum Gasteiger partial charge on any atom is 0.262 e. The molecule has 25 heavy (non-hydrogen) atoms. The van der Waals surface area contributed by atoms with Crippen LogP contribution in [0.1, 0.15) is 10.4 Å². The number of amides is 1. The van der Waals surface area contributed by atoms with E-state index in [0.29, 0.717) is 11.5 Å². The number of rotatable bonds is 3. The van der Waals surface area contributed by atoms with Crippen molar-refractivity contribution < 1.29 is 13.6 Å². The Hall–Kier alpha value is -3.55. The monoisotopic (exact) mass is 339 g/mol. The fraction of sp³-hybridized carbons (Fsp3) is 0. The second-order valence-corrected chi connectivity index (χ2v) is 5.32. The Bertz CT molecular complexity index is 1030. The molecule has 0 aliphatic carbocycles. The summed E-state index contributed by atoms with van der Waals surface area (Å²) in [5.41, 5.74) is 1.51. The molecule has 2 heterocycles. The average molecular weight is 339 g/mol. The van der Waals surface area contributed by atoms with Crippen molar-refractivity contribution in [1.82, 2.24) is 20.2 Å². The summed E-state index contributed by atoms with van der Waals surface area (Å²) in [5.74, 6) is -2.14. The Morgan fingerprint density at radius 2 is 1.80 bits per heavy atom. The van der Waals surface area contributed by atoms with Crippen LogP contribution in [0.2, 0.25) is 0 Å². The highest BCUT2D eigenvalue weighted by atomic mass is 19.1. The third kappa shape index (κ3) is 2.74. The molecule has 0 atom stereocenters. The predicted octanol–water partition coefficient (Wildman–Crippen LogP) is 3.48. The fourth-order valence-electron chi connectivity index (χ4n) is 2.48. The molecule has 124 valence electrons. The van der Waals surface area contributed by atoms with E-state index in [0.717, 1.165) is 23.2 Å². The molecule has 1 amide bonds. The lowest BCUT2D eigenvalue weighted by Gasteiger charge is -2.04. The minimum atomic E-state index is -0.939. The molecular weight excluding hydrogens is 328 g/mol. The largest absolute Gasteiger partial charge is 0.337 e. The first-order chi connectivity index (χ1) is 12.1. The van der Waals surface area contributed by atoms with Crippen LogP contribution in [0.3, 0.4) is 0 Å². The number of para-hydroxylation sites is 2. The van der Waals surface area contributed by atoms with Gasteiger partial charge in [0.15, 0.2) is 11.6 Å². The van der Waals surface area contributed by atoms with E-state index < -0.39 is 23.1 Å². The molecule has 0 aliphatic rings. The number of carbonyl (C=O) groups excluding carboxylic acids is 1. The van der Waals surface area contributed by atoms with Crippen molar-refractivity contribution in [2.24, 2.45) is 0 Å². The molecule has 6 nitrogen and oxygen atoms in total. The molecule has 0 fully saturated rings. The molecule has 3 N–H and O–H groups in total. The summed E-state index contributed by atoms with van der Waals surface area (Å²) < 4.78 is 27.3. The molecule has 4 aromatic rings. The molecule has 8 heteroatoms. The number of halogens is 2. The van der Waals surface area contributed by atoms with Crippen molar-refractivity contribution in [1.29, 1.82) is 0 Å². The lowest BCUT2D eigenvalue weighted by Crippen LogP contribution is -2.16. The zero-order valence-electron chi connectivity index (χ0n) is 12.7. The van der Waals surface area contributed by atoms with Gasteiger partial charge in [0.05, 0.1) is 11.0 Å². The lowest BCUT2D eigenvalue weighted by molar-refractivity contribution is 0.101. The maximum absolute atomic E-state index is 13.6. The normalized spacial score (nSPS) is 11.0. The van der Waals surface area contributed by atoms with Gasteiger partial charge in [-0.2, -0.15) is 5.10 Å². The SMILES string of the molecule is O=C(Nc1cc(-c2nc3ccccc3[nH]2)[nH]n1)c1c(F)cccc1F. The third-order valence-electron chi connectivity index (χ3n) is 3.65. The molecule has 0 aliphatic heterocycles. The van der Waals surface area contributed by atoms with Gasteiger partial charge in [-0.05, 0) is 24.3 Å². The van der Waals surface area contributed by atoms with Gasteiger partial charge < -0.3 is 10.3 Å². The number of H-pyrrole nitrogens is 2. The molecular formula is C17H11F2N5O. The first-order valence-electron chi connectivity index (χ1n) is 7.38. The van der Waals surface area contributed by atoms with Crippen LogP contribution >= 0.6 is 0 Å². The van der Waals surface area contributed by atoms with Crippen LogP contribution in [-0.4, -0.2) is 26.1 Å². The van der Waals surface area contributed by atoms with Crippen LogP contribution in [-0.2, 0) is 0 Å². The number of aromatic amines is 2. The minimum Gasteiger partial charge on any atom is -0.337 e. The quantitative estimate of drug-likeness (QED) is 0.534. The Balaban J connectivity index is 1.60. The van der Waals surface area contributed by atoms with Crippen LogP contribution in [0.15, 0.2) is 48.5 Å². The van der Waals surface area contributed by atoms with Crippen molar-refractivity contribution >= 4 is 22.8 Å². The van der Waals surface area contributed by atoms with Crippen molar-refractivity contribution in [2.45, 2.75) is 0 Å². The standard InChI is InChI=1S/C17H11F2N5O/c18-9-4-3-5-10(19)15(9)17(25)22-14-8-13(23-24-14)16-20-11-6-1-2-7-12(11)21-16/h1-8H,(H,20,21)(H2,22,23,24,25). The van der Waals surface area contributed by atoms with Crippen molar-refractivity contribution in [3.63, 3.8) is 0 Å². The van der Waals surface area contributed by atoms with E-state index >= 15 is 0 Å². The molecule has 2 aromatic carbocycles. The number of nitrogens with zero attached hydrogens (tertiary/aromatic N) is 2. The number of nitrogens with one attached hydrogen (secondary N) is 3. The van der Waals surface area contributed by atoms with Crippen molar-refractivity contribution in [3.8, 4) is 11.5 Å². The first-order valence-corrected chi connectivity index (χ1v) is 7.38. The van der Waals surface area contributed by atoms with Crippen LogP contribution < -0.4 is 5.32 Å². The molecule has 0 saturated heterocycles. The predicted molar refractivity (Wildman–Crippen MR) is 88.0 cm³/mol. The molecule has 2 aromatic heterocycles. The summed E-state index contributed by atoms with van der Waals surface area (Å²) in [6.45, 7) is 0. The summed E-state index contributed by atoms with van der Waals surface area (Å²) in [4.78, 5) is 19.6. The van der Waals surface area contributed by atoms with Gasteiger partial charge >= 0.3 is 0 Å². The third-order valence-corrected chi connectivity index (χ3v) is 3.65. The van der Waals surface area contributed by atoms with E-state index in [1.54, 1.807) is 0 Å². The van der Waals surface area contributed by atoms with E-state index in [2.05, 4.69) is 25.5 Å². The number of anilines is 1. The van der Waals surface area contributed by atoms with E-state index in [4.69, 9.17) is 0 Å². The van der Waals surface area contributed by atoms with Gasteiger partial charge in [0.25, 0.3) is 5.91 Å². The van der Waals surface area contributed by atoms with E-state index in [9.17, 15) is 13.6 Å². The summed E-state index contributed by atoms with van der Waals surface area (Å²) in [6, 6.07) is 12.2. The van der Waals surface area contributed by atoms with E-state index in [1.165, 1.54) is 12.1 Å². The molecule has 0 unspecified atom stereocenters. The summed E-state index contributed by atoms with van der Waals surface area (Å²) in [5, 5.41) is 9.01. The van der Waals surface area contributed by atoms with Gasteiger partial charge in [0.2, 0.25) is 0 Å². The molecule has 4 rings (SSSR count). The van der Waals surface area contributed by atoms with Crippen LogP contribution in [0.25, 0.3) is 22.6 Å². The average Bonchev–Trinajstić information content (AvgIpc) is 3.20. The van der Waals surface area contributed by atoms with E-state index in [1.807, 2.05) is 24.3 Å². The maximum atomic E-state index is 13.6. The van der Waals surface area contributed by atoms with Crippen LogP contribution in [0.4, 0.5) is 14.6 Å². The second-order valence-electron chi connectivity index (χ2n) is 5.32. The van der Waals surface area contributed by atoms with Gasteiger partial charge in [-0.15, -0.1) is 0 Å². The summed E-state index contributed by atoms with van der Waals surface area (Å²) in [6.07, 6.45) is 0. The van der Waals surface area contributed by atoms with Gasteiger partial charge in [-0.1, -0.05) is 18.2 Å². The highest BCUT2D eigenvalue weighted by Gasteiger charge is 2.18. The number of imidazole rings is 1. The number of hydrogen-bond donors (Lipinski definition) is 3. The molecule has 0 radical (unpaired) electrons. The number of aromatic nitrogens is 4. The minimum absolute atomic E-state index is 0.128. The zero-order chi connectivity index (χ0) is 17.4. The van der Waals surface area contributed by atoms with Gasteiger partial charge in [0.1, 0.15) is 22.9 Å². The lowest BCUT2D eigenvalue weighted by atomic mass is 10.2. The van der Waals surface area contributed by atoms with Crippen LogP contribution in [0, 0.1) is 11.6 Å². The topological polar surface area (TPSA) is 86.5 Å². The van der Waals surface area contributed by atoms with Crippen molar-refractivity contribution in [2.75, 3.05) is 5.32 Å². The second kappa shape index (κ2) is 5.82. The number of benzene rings is 2. The van der Waals surface area contributed by atoms with E-state index in [-0.39, 0.29) is 5.82 Å².